The Bertz CT molecular complexity index is 783. The van der Waals surface area contributed by atoms with E-state index in [4.69, 9.17) is 5.73 Å². The fourth-order valence-electron chi connectivity index (χ4n) is 5.78. The second-order valence-corrected chi connectivity index (χ2v) is 9.17. The Balaban J connectivity index is 1.35. The Morgan fingerprint density at radius 3 is 2.41 bits per heavy atom. The number of fused-ring (bicyclic) bond motifs is 1. The van der Waals surface area contributed by atoms with Crippen molar-refractivity contribution in [2.24, 2.45) is 5.73 Å². The zero-order valence-electron chi connectivity index (χ0n) is 17.1. The van der Waals surface area contributed by atoms with Crippen molar-refractivity contribution in [2.45, 2.75) is 62.6 Å². The Morgan fingerprint density at radius 2 is 1.79 bits per heavy atom. The quantitative estimate of drug-likeness (QED) is 0.800. The van der Waals surface area contributed by atoms with Gasteiger partial charge >= 0.3 is 0 Å². The predicted octanol–water partition coefficient (Wildman–Crippen LogP) is 2.03. The molecule has 1 radical (unpaired) electrons. The minimum Gasteiger partial charge on any atom is -0.367 e. The van der Waals surface area contributed by atoms with Crippen molar-refractivity contribution >= 4 is 17.5 Å². The first-order valence-electron chi connectivity index (χ1n) is 11.1. The molecule has 1 aliphatic carbocycles. The van der Waals surface area contributed by atoms with Gasteiger partial charge in [-0.05, 0) is 87.7 Å². The van der Waals surface area contributed by atoms with Gasteiger partial charge in [0, 0.05) is 12.2 Å². The van der Waals surface area contributed by atoms with Gasteiger partial charge in [0.1, 0.15) is 0 Å². The smallest absolute Gasteiger partial charge is 0.255 e. The molecule has 5 rings (SSSR count). The number of carbonyl (C=O) groups excluding carboxylic acids is 2. The molecule has 0 spiro atoms. The highest BCUT2D eigenvalue weighted by Crippen LogP contribution is 2.47. The van der Waals surface area contributed by atoms with Crippen LogP contribution < -0.4 is 10.6 Å². The summed E-state index contributed by atoms with van der Waals surface area (Å²) in [4.78, 5) is 31.2. The van der Waals surface area contributed by atoms with E-state index in [0.29, 0.717) is 6.54 Å². The molecule has 1 aromatic carbocycles. The van der Waals surface area contributed by atoms with E-state index in [1.807, 2.05) is 23.5 Å². The number of anilines is 1. The molecule has 4 fully saturated rings. The molecule has 3 saturated heterocycles. The SMILES string of the molecule is NC(=O)C1N(c2ccc(C3(CCN4CCCC4)CCC3)cc2)C(=O)[C@@H]2[CH]CCN12. The molecular weight excluding hydrogens is 364 g/mol. The molecule has 1 saturated carbocycles. The van der Waals surface area contributed by atoms with Gasteiger partial charge in [0.05, 0.1) is 6.04 Å². The zero-order valence-corrected chi connectivity index (χ0v) is 17.1. The van der Waals surface area contributed by atoms with Crippen molar-refractivity contribution in [1.29, 1.82) is 0 Å². The molecule has 0 bridgehead atoms. The molecule has 3 heterocycles. The van der Waals surface area contributed by atoms with Crippen LogP contribution in [0, 0.1) is 6.42 Å². The highest BCUT2D eigenvalue weighted by Gasteiger charge is 2.51. The number of hydrogen-bond acceptors (Lipinski definition) is 4. The van der Waals surface area contributed by atoms with E-state index in [9.17, 15) is 9.59 Å². The summed E-state index contributed by atoms with van der Waals surface area (Å²) in [5.74, 6) is -0.493. The highest BCUT2D eigenvalue weighted by molar-refractivity contribution is 6.06. The third kappa shape index (κ3) is 3.17. The molecule has 2 amide bonds. The lowest BCUT2D eigenvalue weighted by atomic mass is 9.62. The number of benzene rings is 1. The average molecular weight is 396 g/mol. The lowest BCUT2D eigenvalue weighted by molar-refractivity contribution is -0.122. The molecule has 1 aromatic rings. The van der Waals surface area contributed by atoms with E-state index in [0.717, 1.165) is 12.1 Å². The van der Waals surface area contributed by atoms with Crippen molar-refractivity contribution in [2.75, 3.05) is 31.1 Å². The number of carbonyl (C=O) groups is 2. The molecule has 155 valence electrons. The highest BCUT2D eigenvalue weighted by atomic mass is 16.2. The van der Waals surface area contributed by atoms with Crippen molar-refractivity contribution < 1.29 is 9.59 Å². The Hall–Kier alpha value is -1.92. The Morgan fingerprint density at radius 1 is 1.07 bits per heavy atom. The fourth-order valence-corrected chi connectivity index (χ4v) is 5.78. The lowest BCUT2D eigenvalue weighted by Crippen LogP contribution is -2.49. The maximum absolute atomic E-state index is 12.9. The summed E-state index contributed by atoms with van der Waals surface area (Å²) in [6, 6.07) is 8.07. The van der Waals surface area contributed by atoms with Crippen LogP contribution in [0.15, 0.2) is 24.3 Å². The standard InChI is InChI=1S/C23H31N4O2/c24-20(28)21-26-15-3-5-19(26)22(29)27(21)18-8-6-17(7-9-18)23(10-4-11-23)12-16-25-13-1-2-14-25/h5-9,19,21H,1-4,10-16H2,(H2,24,28)/t19-,21?/m0/s1. The van der Waals surface area contributed by atoms with Crippen LogP contribution >= 0.6 is 0 Å². The number of amides is 2. The molecule has 1 unspecified atom stereocenters. The maximum atomic E-state index is 12.9. The summed E-state index contributed by atoms with van der Waals surface area (Å²) in [5, 5.41) is 0. The van der Waals surface area contributed by atoms with E-state index in [2.05, 4.69) is 17.0 Å². The van der Waals surface area contributed by atoms with Crippen molar-refractivity contribution in [3.05, 3.63) is 36.2 Å². The first-order chi connectivity index (χ1) is 14.1. The summed E-state index contributed by atoms with van der Waals surface area (Å²) >= 11 is 0. The lowest BCUT2D eigenvalue weighted by Gasteiger charge is -2.43. The predicted molar refractivity (Wildman–Crippen MR) is 112 cm³/mol. The van der Waals surface area contributed by atoms with Gasteiger partial charge in [0.15, 0.2) is 6.17 Å². The van der Waals surface area contributed by atoms with E-state index >= 15 is 0 Å². The average Bonchev–Trinajstić information content (AvgIpc) is 3.40. The number of nitrogens with two attached hydrogens (primary N) is 1. The molecule has 0 aromatic heterocycles. The second kappa shape index (κ2) is 7.40. The van der Waals surface area contributed by atoms with Gasteiger partial charge in [-0.25, -0.2) is 0 Å². The van der Waals surface area contributed by atoms with Crippen LogP contribution in [0.1, 0.15) is 50.5 Å². The molecular formula is C23H31N4O2. The van der Waals surface area contributed by atoms with E-state index < -0.39 is 12.1 Å². The van der Waals surface area contributed by atoms with Crippen LogP contribution in [0.25, 0.3) is 0 Å². The third-order valence-electron chi connectivity index (χ3n) is 7.61. The van der Waals surface area contributed by atoms with Gasteiger partial charge in [-0.1, -0.05) is 18.6 Å². The summed E-state index contributed by atoms with van der Waals surface area (Å²) in [5.41, 5.74) is 8.12. The molecule has 6 nitrogen and oxygen atoms in total. The number of primary amides is 1. The molecule has 4 aliphatic rings. The molecule has 6 heteroatoms. The van der Waals surface area contributed by atoms with Gasteiger partial charge in [0.2, 0.25) is 5.91 Å². The first-order valence-corrected chi connectivity index (χ1v) is 11.1. The minimum absolute atomic E-state index is 0.0357. The van der Waals surface area contributed by atoms with Crippen molar-refractivity contribution in [1.82, 2.24) is 9.80 Å². The Kier molecular flexibility index (Phi) is 4.87. The third-order valence-corrected chi connectivity index (χ3v) is 7.61. The summed E-state index contributed by atoms with van der Waals surface area (Å²) in [6.45, 7) is 4.38. The zero-order chi connectivity index (χ0) is 20.0. The molecule has 2 atom stereocenters. The fraction of sp³-hybridized carbons (Fsp3) is 0.609. The van der Waals surface area contributed by atoms with Crippen LogP contribution in [0.4, 0.5) is 5.69 Å². The minimum atomic E-state index is -0.676. The Labute approximate surface area is 173 Å². The largest absolute Gasteiger partial charge is 0.367 e. The van der Waals surface area contributed by atoms with Crippen LogP contribution in [0.5, 0.6) is 0 Å². The summed E-state index contributed by atoms with van der Waals surface area (Å²) in [6.07, 6.45) is 9.82. The van der Waals surface area contributed by atoms with Gasteiger partial charge in [-0.15, -0.1) is 0 Å². The van der Waals surface area contributed by atoms with Gasteiger partial charge in [-0.3, -0.25) is 19.4 Å². The molecule has 2 N–H and O–H groups in total. The second-order valence-electron chi connectivity index (χ2n) is 9.17. The van der Waals surface area contributed by atoms with E-state index in [-0.39, 0.29) is 17.4 Å². The van der Waals surface area contributed by atoms with Gasteiger partial charge in [-0.2, -0.15) is 0 Å². The normalized spacial score (nSPS) is 29.2. The summed E-state index contributed by atoms with van der Waals surface area (Å²) in [7, 11) is 0. The van der Waals surface area contributed by atoms with Gasteiger partial charge < -0.3 is 10.6 Å². The van der Waals surface area contributed by atoms with Crippen LogP contribution in [-0.2, 0) is 15.0 Å². The van der Waals surface area contributed by atoms with Crippen LogP contribution in [-0.4, -0.2) is 60.0 Å². The van der Waals surface area contributed by atoms with Gasteiger partial charge in [0.25, 0.3) is 5.91 Å². The monoisotopic (exact) mass is 395 g/mol. The summed E-state index contributed by atoms with van der Waals surface area (Å²) < 4.78 is 0. The van der Waals surface area contributed by atoms with Crippen molar-refractivity contribution in [3.8, 4) is 0 Å². The molecule has 29 heavy (non-hydrogen) atoms. The number of likely N-dealkylation sites (tertiary alicyclic amines) is 1. The maximum Gasteiger partial charge on any atom is 0.255 e. The van der Waals surface area contributed by atoms with Crippen molar-refractivity contribution in [3.63, 3.8) is 0 Å². The van der Waals surface area contributed by atoms with Crippen LogP contribution in [0.2, 0.25) is 0 Å². The van der Waals surface area contributed by atoms with E-state index in [1.54, 1.807) is 4.90 Å². The molecule has 3 aliphatic heterocycles. The topological polar surface area (TPSA) is 69.9 Å². The van der Waals surface area contributed by atoms with E-state index in [1.165, 1.54) is 63.7 Å². The number of nitrogens with zero attached hydrogens (tertiary/aromatic N) is 3. The first kappa shape index (κ1) is 19.1. The van der Waals surface area contributed by atoms with Crippen LogP contribution in [0.3, 0.4) is 0 Å². The number of rotatable bonds is 6. The number of hydrogen-bond donors (Lipinski definition) is 1.